The number of carbonyl (C=O) groups is 1. The number of nitrogens with one attached hydrogen (secondary N) is 1. The Kier molecular flexibility index (Phi) is 5.91. The second-order valence-electron chi connectivity index (χ2n) is 5.22. The first-order valence-corrected chi connectivity index (χ1v) is 7.39. The highest BCUT2D eigenvalue weighted by molar-refractivity contribution is 5.77. The zero-order valence-corrected chi connectivity index (χ0v) is 12.6. The van der Waals surface area contributed by atoms with Gasteiger partial charge < -0.3 is 5.32 Å². The summed E-state index contributed by atoms with van der Waals surface area (Å²) in [6, 6.07) is 22.8. The van der Waals surface area contributed by atoms with Crippen molar-refractivity contribution in [3.05, 3.63) is 71.8 Å². The number of hydrogen-bond donors (Lipinski definition) is 1. The minimum Gasteiger partial charge on any atom is -0.352 e. The number of hydrogen-bond acceptors (Lipinski definition) is 3. The van der Waals surface area contributed by atoms with Crippen LogP contribution in [0.3, 0.4) is 0 Å². The molecule has 0 saturated heterocycles. The van der Waals surface area contributed by atoms with E-state index in [-0.39, 0.29) is 12.3 Å². The molecule has 0 heterocycles. The molecule has 1 amide bonds. The maximum absolute atomic E-state index is 12.2. The van der Waals surface area contributed by atoms with E-state index < -0.39 is 11.8 Å². The Morgan fingerprint density at radius 3 is 2.09 bits per heavy atom. The number of nitrogens with zero attached hydrogens (tertiary/aromatic N) is 2. The maximum Gasteiger partial charge on any atom is 0.220 e. The van der Waals surface area contributed by atoms with Gasteiger partial charge in [-0.1, -0.05) is 60.7 Å². The normalized spacial score (nSPS) is 11.3. The molecule has 23 heavy (non-hydrogen) atoms. The summed E-state index contributed by atoms with van der Waals surface area (Å²) >= 11 is 0. The van der Waals surface area contributed by atoms with Gasteiger partial charge in [0.1, 0.15) is 5.92 Å². The van der Waals surface area contributed by atoms with Crippen LogP contribution in [0.4, 0.5) is 0 Å². The lowest BCUT2D eigenvalue weighted by Gasteiger charge is -2.17. The lowest BCUT2D eigenvalue weighted by molar-refractivity contribution is -0.121. The van der Waals surface area contributed by atoms with E-state index >= 15 is 0 Å². The minimum atomic E-state index is -0.847. The van der Waals surface area contributed by atoms with Crippen molar-refractivity contribution >= 4 is 5.91 Å². The number of benzene rings is 2. The Morgan fingerprint density at radius 1 is 0.957 bits per heavy atom. The predicted octanol–water partition coefficient (Wildman–Crippen LogP) is 3.14. The quantitative estimate of drug-likeness (QED) is 0.890. The Bertz CT molecular complexity index is 700. The van der Waals surface area contributed by atoms with Crippen LogP contribution >= 0.6 is 0 Å². The summed E-state index contributed by atoms with van der Waals surface area (Å²) in [6.45, 7) is 0.435. The van der Waals surface area contributed by atoms with E-state index in [0.717, 1.165) is 11.1 Å². The maximum atomic E-state index is 12.2. The van der Waals surface area contributed by atoms with Crippen LogP contribution in [0.2, 0.25) is 0 Å². The first-order valence-electron chi connectivity index (χ1n) is 7.39. The molecule has 0 fully saturated rings. The standard InChI is InChI=1S/C19H17N3O/c20-12-17(13-21)18(16-9-5-2-6-10-16)11-19(23)22-14-15-7-3-1-4-8-15/h1-10,17-18H,11,14H2,(H,22,23)/t18-/m1/s1. The Morgan fingerprint density at radius 2 is 1.52 bits per heavy atom. The van der Waals surface area contributed by atoms with Crippen LogP contribution in [0.1, 0.15) is 23.5 Å². The van der Waals surface area contributed by atoms with Gasteiger partial charge in [0, 0.05) is 18.9 Å². The monoisotopic (exact) mass is 303 g/mol. The Balaban J connectivity index is 2.04. The van der Waals surface area contributed by atoms with Gasteiger partial charge in [-0.3, -0.25) is 4.79 Å². The van der Waals surface area contributed by atoms with Gasteiger partial charge in [-0.2, -0.15) is 10.5 Å². The lowest BCUT2D eigenvalue weighted by atomic mass is 9.85. The number of carbonyl (C=O) groups excluding carboxylic acids is 1. The topological polar surface area (TPSA) is 76.7 Å². The average molecular weight is 303 g/mol. The van der Waals surface area contributed by atoms with E-state index in [9.17, 15) is 15.3 Å². The Hall–Kier alpha value is -3.11. The number of nitriles is 2. The second-order valence-corrected chi connectivity index (χ2v) is 5.22. The molecule has 4 heteroatoms. The lowest BCUT2D eigenvalue weighted by Crippen LogP contribution is -2.26. The van der Waals surface area contributed by atoms with E-state index in [1.807, 2.05) is 72.8 Å². The molecule has 0 radical (unpaired) electrons. The third-order valence-corrected chi connectivity index (χ3v) is 3.65. The molecule has 0 spiro atoms. The smallest absolute Gasteiger partial charge is 0.220 e. The van der Waals surface area contributed by atoms with Gasteiger partial charge in [0.05, 0.1) is 12.1 Å². The van der Waals surface area contributed by atoms with Crippen molar-refractivity contribution in [2.75, 3.05) is 0 Å². The fourth-order valence-electron chi connectivity index (χ4n) is 2.41. The summed E-state index contributed by atoms with van der Waals surface area (Å²) in [7, 11) is 0. The van der Waals surface area contributed by atoms with Gasteiger partial charge in [-0.05, 0) is 11.1 Å². The molecule has 0 unspecified atom stereocenters. The molecular weight excluding hydrogens is 286 g/mol. The molecule has 0 aliphatic heterocycles. The van der Waals surface area contributed by atoms with Crippen molar-refractivity contribution in [1.82, 2.24) is 5.32 Å². The van der Waals surface area contributed by atoms with E-state index in [1.54, 1.807) is 0 Å². The van der Waals surface area contributed by atoms with E-state index in [0.29, 0.717) is 6.54 Å². The van der Waals surface area contributed by atoms with E-state index in [2.05, 4.69) is 5.32 Å². The van der Waals surface area contributed by atoms with Crippen molar-refractivity contribution < 1.29 is 4.79 Å². The largest absolute Gasteiger partial charge is 0.352 e. The number of rotatable bonds is 6. The minimum absolute atomic E-state index is 0.114. The highest BCUT2D eigenvalue weighted by Crippen LogP contribution is 2.27. The summed E-state index contributed by atoms with van der Waals surface area (Å²) in [6.07, 6.45) is 0.114. The molecule has 0 bridgehead atoms. The zero-order chi connectivity index (χ0) is 16.5. The van der Waals surface area contributed by atoms with Crippen molar-refractivity contribution in [2.45, 2.75) is 18.9 Å². The third-order valence-electron chi connectivity index (χ3n) is 3.65. The molecule has 1 atom stereocenters. The summed E-state index contributed by atoms with van der Waals surface area (Å²) in [5, 5.41) is 21.2. The van der Waals surface area contributed by atoms with Crippen LogP contribution in [0, 0.1) is 28.6 Å². The fraction of sp³-hybridized carbons (Fsp3) is 0.211. The molecule has 0 aliphatic carbocycles. The van der Waals surface area contributed by atoms with Crippen LogP contribution in [0.25, 0.3) is 0 Å². The summed E-state index contributed by atoms with van der Waals surface area (Å²) < 4.78 is 0. The van der Waals surface area contributed by atoms with E-state index in [4.69, 9.17) is 0 Å². The summed E-state index contributed by atoms with van der Waals surface area (Å²) in [5.74, 6) is -1.44. The zero-order valence-electron chi connectivity index (χ0n) is 12.6. The van der Waals surface area contributed by atoms with Crippen molar-refractivity contribution in [2.24, 2.45) is 5.92 Å². The van der Waals surface area contributed by atoms with Gasteiger partial charge in [0.25, 0.3) is 0 Å². The SMILES string of the molecule is N#CC(C#N)[C@H](CC(=O)NCc1ccccc1)c1ccccc1. The van der Waals surface area contributed by atoms with Crippen LogP contribution in [0.15, 0.2) is 60.7 Å². The Labute approximate surface area is 136 Å². The van der Waals surface area contributed by atoms with Crippen LogP contribution < -0.4 is 5.32 Å². The molecule has 0 aliphatic rings. The third kappa shape index (κ3) is 4.69. The molecule has 0 saturated carbocycles. The fourth-order valence-corrected chi connectivity index (χ4v) is 2.41. The summed E-state index contributed by atoms with van der Waals surface area (Å²) in [5.41, 5.74) is 1.84. The van der Waals surface area contributed by atoms with Crippen molar-refractivity contribution in [1.29, 1.82) is 10.5 Å². The molecule has 0 aromatic heterocycles. The molecule has 2 aromatic rings. The van der Waals surface area contributed by atoms with Crippen LogP contribution in [-0.4, -0.2) is 5.91 Å². The first kappa shape index (κ1) is 16.3. The molecule has 2 rings (SSSR count). The van der Waals surface area contributed by atoms with Crippen LogP contribution in [-0.2, 0) is 11.3 Å². The molecule has 114 valence electrons. The van der Waals surface area contributed by atoms with E-state index in [1.165, 1.54) is 0 Å². The van der Waals surface area contributed by atoms with Gasteiger partial charge in [-0.15, -0.1) is 0 Å². The van der Waals surface area contributed by atoms with Gasteiger partial charge in [0.15, 0.2) is 0 Å². The highest BCUT2D eigenvalue weighted by atomic mass is 16.1. The summed E-state index contributed by atoms with van der Waals surface area (Å²) in [4.78, 5) is 12.2. The molecule has 4 nitrogen and oxygen atoms in total. The van der Waals surface area contributed by atoms with Crippen molar-refractivity contribution in [3.8, 4) is 12.1 Å². The van der Waals surface area contributed by atoms with Gasteiger partial charge in [0.2, 0.25) is 5.91 Å². The highest BCUT2D eigenvalue weighted by Gasteiger charge is 2.25. The van der Waals surface area contributed by atoms with Gasteiger partial charge >= 0.3 is 0 Å². The van der Waals surface area contributed by atoms with Crippen molar-refractivity contribution in [3.63, 3.8) is 0 Å². The van der Waals surface area contributed by atoms with Crippen LogP contribution in [0.5, 0.6) is 0 Å². The first-order chi connectivity index (χ1) is 11.2. The second kappa shape index (κ2) is 8.36. The average Bonchev–Trinajstić information content (AvgIpc) is 2.62. The molecular formula is C19H17N3O. The molecule has 1 N–H and O–H groups in total. The predicted molar refractivity (Wildman–Crippen MR) is 86.8 cm³/mol. The molecule has 2 aromatic carbocycles. The van der Waals surface area contributed by atoms with Gasteiger partial charge in [-0.25, -0.2) is 0 Å². The number of amides is 1.